The molecule has 0 saturated carbocycles. The lowest BCUT2D eigenvalue weighted by molar-refractivity contribution is -0.113. The molecule has 0 unspecified atom stereocenters. The van der Waals surface area contributed by atoms with Crippen molar-refractivity contribution in [3.05, 3.63) is 40.2 Å². The lowest BCUT2D eigenvalue weighted by Gasteiger charge is -2.01. The second-order valence-corrected chi connectivity index (χ2v) is 6.48. The number of amides is 1. The third-order valence-corrected chi connectivity index (χ3v) is 4.59. The van der Waals surface area contributed by atoms with E-state index in [1.807, 2.05) is 6.07 Å². The van der Waals surface area contributed by atoms with Gasteiger partial charge in [0.1, 0.15) is 16.6 Å². The highest BCUT2D eigenvalue weighted by molar-refractivity contribution is 7.99. The van der Waals surface area contributed by atoms with Gasteiger partial charge in [0.05, 0.1) is 11.3 Å². The zero-order chi connectivity index (χ0) is 15.5. The molecule has 0 aliphatic rings. The van der Waals surface area contributed by atoms with Crippen molar-refractivity contribution in [2.75, 3.05) is 11.1 Å². The van der Waals surface area contributed by atoms with E-state index < -0.39 is 0 Å². The molecule has 1 amide bonds. The van der Waals surface area contributed by atoms with Gasteiger partial charge in [0.2, 0.25) is 5.91 Å². The first-order valence-electron chi connectivity index (χ1n) is 6.12. The maximum atomic E-state index is 11.9. The summed E-state index contributed by atoms with van der Waals surface area (Å²) in [5, 5.41) is 14.9. The van der Waals surface area contributed by atoms with Crippen LogP contribution in [0, 0.1) is 11.3 Å². The first-order chi connectivity index (χ1) is 10.7. The third kappa shape index (κ3) is 3.25. The Hall–Kier alpha value is -2.01. The van der Waals surface area contributed by atoms with Gasteiger partial charge >= 0.3 is 0 Å². The van der Waals surface area contributed by atoms with Gasteiger partial charge in [-0.05, 0) is 23.6 Å². The monoisotopic (exact) mass is 349 g/mol. The van der Waals surface area contributed by atoms with E-state index in [-0.39, 0.29) is 11.7 Å². The van der Waals surface area contributed by atoms with Crippen molar-refractivity contribution in [1.82, 2.24) is 4.98 Å². The van der Waals surface area contributed by atoms with Gasteiger partial charge in [-0.1, -0.05) is 23.4 Å². The number of nitriles is 1. The predicted molar refractivity (Wildman–Crippen MR) is 87.4 cm³/mol. The number of thiophene rings is 1. The van der Waals surface area contributed by atoms with Crippen LogP contribution in [-0.2, 0) is 4.79 Å². The molecule has 0 saturated heterocycles. The van der Waals surface area contributed by atoms with Crippen LogP contribution >= 0.6 is 34.7 Å². The number of carbonyl (C=O) groups is 1. The number of nitrogens with zero attached hydrogens (tertiary/aromatic N) is 2. The number of hydrogen-bond acceptors (Lipinski definition) is 6. The third-order valence-electron chi connectivity index (χ3n) is 2.70. The van der Waals surface area contributed by atoms with Crippen molar-refractivity contribution in [3.63, 3.8) is 0 Å². The average molecular weight is 350 g/mol. The number of hydrogen-bond donors (Lipinski definition) is 1. The minimum atomic E-state index is -0.218. The van der Waals surface area contributed by atoms with Gasteiger partial charge in [-0.25, -0.2) is 4.98 Å². The number of thioether (sulfide) groups is 1. The number of carbonyl (C=O) groups excluding carboxylic acids is 1. The standard InChI is InChI=1S/C14H8ClN3O2S2/c15-9-1-2-10-11(5-9)20-14(17-10)22-7-12(19)18-13-8(6-16)3-4-21-13/h1-5H,7H2,(H,18,19). The van der Waals surface area contributed by atoms with Crippen LogP contribution in [0.2, 0.25) is 5.02 Å². The first-order valence-corrected chi connectivity index (χ1v) is 8.36. The Kier molecular flexibility index (Phi) is 4.34. The largest absolute Gasteiger partial charge is 0.431 e. The van der Waals surface area contributed by atoms with Crippen molar-refractivity contribution >= 4 is 56.7 Å². The average Bonchev–Trinajstić information content (AvgIpc) is 3.10. The highest BCUT2D eigenvalue weighted by Gasteiger charge is 2.12. The highest BCUT2D eigenvalue weighted by Crippen LogP contribution is 2.26. The number of benzene rings is 1. The van der Waals surface area contributed by atoms with Crippen LogP contribution in [0.1, 0.15) is 5.56 Å². The van der Waals surface area contributed by atoms with Crippen molar-refractivity contribution < 1.29 is 9.21 Å². The van der Waals surface area contributed by atoms with Crippen LogP contribution in [0.5, 0.6) is 0 Å². The number of fused-ring (bicyclic) bond motifs is 1. The van der Waals surface area contributed by atoms with E-state index in [1.54, 1.807) is 29.6 Å². The SMILES string of the molecule is N#Cc1ccsc1NC(=O)CSc1nc2ccc(Cl)cc2o1. The van der Waals surface area contributed by atoms with Crippen LogP contribution in [0.25, 0.3) is 11.1 Å². The summed E-state index contributed by atoms with van der Waals surface area (Å²) in [6.07, 6.45) is 0. The predicted octanol–water partition coefficient (Wildman–Crippen LogP) is 4.15. The zero-order valence-electron chi connectivity index (χ0n) is 11.0. The summed E-state index contributed by atoms with van der Waals surface area (Å²) >= 11 is 8.38. The van der Waals surface area contributed by atoms with Crippen LogP contribution in [0.15, 0.2) is 39.3 Å². The molecule has 5 nitrogen and oxygen atoms in total. The minimum Gasteiger partial charge on any atom is -0.431 e. The van der Waals surface area contributed by atoms with Gasteiger partial charge in [-0.15, -0.1) is 11.3 Å². The molecule has 0 aliphatic carbocycles. The molecule has 2 heterocycles. The van der Waals surface area contributed by atoms with E-state index in [4.69, 9.17) is 21.3 Å². The summed E-state index contributed by atoms with van der Waals surface area (Å²) in [4.78, 5) is 16.2. The van der Waals surface area contributed by atoms with E-state index in [2.05, 4.69) is 10.3 Å². The molecule has 1 N–H and O–H groups in total. The van der Waals surface area contributed by atoms with E-state index in [0.29, 0.717) is 31.9 Å². The Balaban J connectivity index is 1.64. The minimum absolute atomic E-state index is 0.142. The van der Waals surface area contributed by atoms with Crippen molar-refractivity contribution in [3.8, 4) is 6.07 Å². The van der Waals surface area contributed by atoms with E-state index >= 15 is 0 Å². The van der Waals surface area contributed by atoms with Crippen LogP contribution in [0.3, 0.4) is 0 Å². The van der Waals surface area contributed by atoms with Gasteiger partial charge < -0.3 is 9.73 Å². The van der Waals surface area contributed by atoms with Crippen LogP contribution < -0.4 is 5.32 Å². The fourth-order valence-corrected chi connectivity index (χ4v) is 3.28. The van der Waals surface area contributed by atoms with Crippen LogP contribution in [0.4, 0.5) is 5.00 Å². The molecule has 8 heteroatoms. The normalized spacial score (nSPS) is 10.5. The van der Waals surface area contributed by atoms with Crippen molar-refractivity contribution in [1.29, 1.82) is 5.26 Å². The van der Waals surface area contributed by atoms with Gasteiger partial charge in [0.15, 0.2) is 5.58 Å². The molecule has 110 valence electrons. The van der Waals surface area contributed by atoms with Gasteiger partial charge in [-0.3, -0.25) is 4.79 Å². The van der Waals surface area contributed by atoms with Crippen molar-refractivity contribution in [2.24, 2.45) is 0 Å². The summed E-state index contributed by atoms with van der Waals surface area (Å²) < 4.78 is 5.52. The number of aromatic nitrogens is 1. The smallest absolute Gasteiger partial charge is 0.257 e. The molecule has 0 spiro atoms. The van der Waals surface area contributed by atoms with E-state index in [9.17, 15) is 4.79 Å². The second kappa shape index (κ2) is 6.40. The number of oxazole rings is 1. The first kappa shape index (κ1) is 14.9. The topological polar surface area (TPSA) is 78.9 Å². The molecule has 0 radical (unpaired) electrons. The lowest BCUT2D eigenvalue weighted by Crippen LogP contribution is -2.13. The Morgan fingerprint density at radius 3 is 3.18 bits per heavy atom. The molecular formula is C14H8ClN3O2S2. The van der Waals surface area contributed by atoms with Gasteiger partial charge in [0, 0.05) is 11.1 Å². The Labute approximate surface area is 138 Å². The zero-order valence-corrected chi connectivity index (χ0v) is 13.4. The summed E-state index contributed by atoms with van der Waals surface area (Å²) in [5.74, 6) is -0.0761. The lowest BCUT2D eigenvalue weighted by atomic mass is 10.3. The summed E-state index contributed by atoms with van der Waals surface area (Å²) in [6.45, 7) is 0. The molecule has 2 aromatic heterocycles. The van der Waals surface area contributed by atoms with Gasteiger partial charge in [-0.2, -0.15) is 5.26 Å². The Bertz CT molecular complexity index is 882. The molecule has 0 bridgehead atoms. The quantitative estimate of drug-likeness (QED) is 0.716. The number of nitrogens with one attached hydrogen (secondary N) is 1. The summed E-state index contributed by atoms with van der Waals surface area (Å²) in [6, 6.07) is 8.86. The second-order valence-electron chi connectivity index (χ2n) is 4.20. The maximum absolute atomic E-state index is 11.9. The highest BCUT2D eigenvalue weighted by atomic mass is 35.5. The number of rotatable bonds is 4. The molecule has 3 aromatic rings. The fourth-order valence-electron chi connectivity index (χ4n) is 1.72. The number of halogens is 1. The number of anilines is 1. The molecule has 0 atom stereocenters. The molecule has 1 aromatic carbocycles. The summed E-state index contributed by atoms with van der Waals surface area (Å²) in [7, 11) is 0. The molecule has 22 heavy (non-hydrogen) atoms. The van der Waals surface area contributed by atoms with Crippen molar-refractivity contribution in [2.45, 2.75) is 5.22 Å². The van der Waals surface area contributed by atoms with E-state index in [1.165, 1.54) is 23.1 Å². The van der Waals surface area contributed by atoms with E-state index in [0.717, 1.165) is 0 Å². The summed E-state index contributed by atoms with van der Waals surface area (Å²) in [5.41, 5.74) is 1.73. The maximum Gasteiger partial charge on any atom is 0.257 e. The van der Waals surface area contributed by atoms with Crippen LogP contribution in [-0.4, -0.2) is 16.6 Å². The Morgan fingerprint density at radius 2 is 2.36 bits per heavy atom. The fraction of sp³-hybridized carbons (Fsp3) is 0.0714. The molecule has 0 aliphatic heterocycles. The molecular weight excluding hydrogens is 342 g/mol. The molecule has 3 rings (SSSR count). The van der Waals surface area contributed by atoms with Gasteiger partial charge in [0.25, 0.3) is 5.22 Å². The molecule has 0 fully saturated rings. The Morgan fingerprint density at radius 1 is 1.50 bits per heavy atom.